The molecule has 9 heteroatoms. The molecule has 4 nitrogen and oxygen atoms in total. The van der Waals surface area contributed by atoms with Crippen LogP contribution in [0.5, 0.6) is 0 Å². The van der Waals surface area contributed by atoms with Crippen molar-refractivity contribution in [3.05, 3.63) is 39.9 Å². The number of nitrogens with zero attached hydrogens (tertiary/aromatic N) is 1. The maximum atomic E-state index is 12.4. The van der Waals surface area contributed by atoms with Gasteiger partial charge in [0.05, 0.1) is 4.92 Å². The molecule has 0 radical (unpaired) electrons. The van der Waals surface area contributed by atoms with Crippen LogP contribution in [0, 0.1) is 10.1 Å². The zero-order valence-corrected chi connectivity index (χ0v) is 10.00. The van der Waals surface area contributed by atoms with Crippen molar-refractivity contribution in [3.8, 4) is 0 Å². The lowest BCUT2D eigenvalue weighted by Gasteiger charge is -2.28. The summed E-state index contributed by atoms with van der Waals surface area (Å²) < 4.78 is 33.9. The first kappa shape index (κ1) is 15.0. The summed E-state index contributed by atoms with van der Waals surface area (Å²) in [5.41, 5.74) is -0.601. The Morgan fingerprint density at radius 3 is 2.00 bits per heavy atom. The van der Waals surface area contributed by atoms with E-state index in [-0.39, 0.29) is 11.3 Å². The van der Waals surface area contributed by atoms with E-state index < -0.39 is 21.5 Å². The summed E-state index contributed by atoms with van der Waals surface area (Å²) in [6, 6.07) is 3.79. The van der Waals surface area contributed by atoms with Gasteiger partial charge in [-0.1, -0.05) is 23.2 Å². The molecule has 100 valence electrons. The number of aliphatic hydroxyl groups excluding tert-OH is 1. The third-order valence-electron chi connectivity index (χ3n) is 2.14. The molecule has 18 heavy (non-hydrogen) atoms. The lowest BCUT2D eigenvalue weighted by Crippen LogP contribution is -2.40. The first-order chi connectivity index (χ1) is 8.07. The van der Waals surface area contributed by atoms with Crippen molar-refractivity contribution in [1.29, 1.82) is 0 Å². The predicted octanol–water partition coefficient (Wildman–Crippen LogP) is 3.36. The number of alkyl halides is 5. The Kier molecular flexibility index (Phi) is 4.09. The first-order valence-corrected chi connectivity index (χ1v) is 5.20. The maximum absolute atomic E-state index is 12.4. The van der Waals surface area contributed by atoms with Crippen LogP contribution >= 0.6 is 23.2 Å². The summed E-state index contributed by atoms with van der Waals surface area (Å²) in [7, 11) is 0. The molecule has 0 spiro atoms. The highest BCUT2D eigenvalue weighted by molar-refractivity contribution is 6.49. The predicted molar refractivity (Wildman–Crippen MR) is 58.5 cm³/mol. The van der Waals surface area contributed by atoms with Crippen LogP contribution in [-0.4, -0.2) is 20.5 Å². The number of nitro benzene ring substituents is 1. The number of hydrogen-bond acceptors (Lipinski definition) is 3. The van der Waals surface area contributed by atoms with Crippen LogP contribution in [0.2, 0.25) is 0 Å². The van der Waals surface area contributed by atoms with Crippen molar-refractivity contribution in [2.45, 2.75) is 16.6 Å². The minimum Gasteiger partial charge on any atom is -0.385 e. The normalized spacial score (nSPS) is 14.3. The van der Waals surface area contributed by atoms with Crippen LogP contribution in [0.15, 0.2) is 24.3 Å². The van der Waals surface area contributed by atoms with Crippen molar-refractivity contribution in [2.75, 3.05) is 0 Å². The van der Waals surface area contributed by atoms with E-state index in [4.69, 9.17) is 23.2 Å². The largest absolute Gasteiger partial charge is 0.424 e. The molecule has 1 aromatic carbocycles. The van der Waals surface area contributed by atoms with Gasteiger partial charge in [-0.05, 0) is 17.7 Å². The number of hydrogen-bond donors (Lipinski definition) is 1. The molecule has 0 aliphatic rings. The molecule has 0 amide bonds. The number of aliphatic hydroxyl groups is 1. The van der Waals surface area contributed by atoms with Crippen LogP contribution in [0.3, 0.4) is 0 Å². The molecule has 1 rings (SSSR count). The number of rotatable bonds is 3. The van der Waals surface area contributed by atoms with Gasteiger partial charge in [-0.15, -0.1) is 0 Å². The topological polar surface area (TPSA) is 63.4 Å². The molecule has 1 aromatic rings. The highest BCUT2D eigenvalue weighted by Gasteiger charge is 2.58. The van der Waals surface area contributed by atoms with Gasteiger partial charge in [0.15, 0.2) is 0 Å². The van der Waals surface area contributed by atoms with E-state index in [0.717, 1.165) is 24.3 Å². The Bertz CT molecular complexity index is 447. The third-order valence-corrected chi connectivity index (χ3v) is 2.98. The Morgan fingerprint density at radius 1 is 1.22 bits per heavy atom. The van der Waals surface area contributed by atoms with Gasteiger partial charge >= 0.3 is 6.18 Å². The Morgan fingerprint density at radius 2 is 1.67 bits per heavy atom. The van der Waals surface area contributed by atoms with Gasteiger partial charge in [0.2, 0.25) is 4.33 Å². The van der Waals surface area contributed by atoms with Gasteiger partial charge in [-0.3, -0.25) is 10.1 Å². The highest BCUT2D eigenvalue weighted by atomic mass is 35.5. The van der Waals surface area contributed by atoms with Crippen LogP contribution in [0.1, 0.15) is 11.7 Å². The Hall–Kier alpha value is -1.05. The summed E-state index contributed by atoms with van der Waals surface area (Å²) in [6.07, 6.45) is -7.29. The van der Waals surface area contributed by atoms with Crippen molar-refractivity contribution >= 4 is 28.9 Å². The summed E-state index contributed by atoms with van der Waals surface area (Å²) in [4.78, 5) is 9.62. The molecule has 0 aliphatic heterocycles. The van der Waals surface area contributed by atoms with Gasteiger partial charge in [0.25, 0.3) is 5.69 Å². The van der Waals surface area contributed by atoms with E-state index >= 15 is 0 Å². The van der Waals surface area contributed by atoms with E-state index in [2.05, 4.69) is 0 Å². The number of benzene rings is 1. The molecule has 0 heterocycles. The minimum atomic E-state index is -5.04. The monoisotopic (exact) mass is 303 g/mol. The Labute approximate surface area is 109 Å². The molecule has 0 saturated carbocycles. The van der Waals surface area contributed by atoms with Gasteiger partial charge in [-0.25, -0.2) is 0 Å². The van der Waals surface area contributed by atoms with Crippen LogP contribution < -0.4 is 0 Å². The van der Waals surface area contributed by atoms with Crippen LogP contribution in [0.25, 0.3) is 0 Å². The van der Waals surface area contributed by atoms with Crippen molar-refractivity contribution in [2.24, 2.45) is 0 Å². The fourth-order valence-corrected chi connectivity index (χ4v) is 1.39. The van der Waals surface area contributed by atoms with Gasteiger partial charge in [-0.2, -0.15) is 13.2 Å². The van der Waals surface area contributed by atoms with E-state index in [1.165, 1.54) is 0 Å². The molecule has 0 aliphatic carbocycles. The molecular formula is C9H6Cl2F3NO3. The van der Waals surface area contributed by atoms with Crippen molar-refractivity contribution in [1.82, 2.24) is 0 Å². The van der Waals surface area contributed by atoms with E-state index in [0.29, 0.717) is 0 Å². The van der Waals surface area contributed by atoms with E-state index in [1.54, 1.807) is 0 Å². The third kappa shape index (κ3) is 2.85. The molecule has 1 atom stereocenters. The smallest absolute Gasteiger partial charge is 0.385 e. The zero-order valence-electron chi connectivity index (χ0n) is 8.49. The first-order valence-electron chi connectivity index (χ1n) is 4.44. The quantitative estimate of drug-likeness (QED) is 0.529. The molecule has 0 fully saturated rings. The number of non-ortho nitro benzene ring substituents is 1. The highest BCUT2D eigenvalue weighted by Crippen LogP contribution is 2.48. The second-order valence-corrected chi connectivity index (χ2v) is 4.76. The van der Waals surface area contributed by atoms with Gasteiger partial charge < -0.3 is 5.11 Å². The molecular weight excluding hydrogens is 298 g/mol. The molecule has 0 bridgehead atoms. The fourth-order valence-electron chi connectivity index (χ4n) is 1.14. The maximum Gasteiger partial charge on any atom is 0.424 e. The molecule has 1 N–H and O–H groups in total. The average Bonchev–Trinajstić information content (AvgIpc) is 2.26. The number of halogens is 5. The fraction of sp³-hybridized carbons (Fsp3) is 0.333. The number of nitro groups is 1. The van der Waals surface area contributed by atoms with Crippen molar-refractivity contribution < 1.29 is 23.2 Å². The van der Waals surface area contributed by atoms with E-state index in [1.807, 2.05) is 0 Å². The molecule has 0 aromatic heterocycles. The van der Waals surface area contributed by atoms with Crippen molar-refractivity contribution in [3.63, 3.8) is 0 Å². The standard InChI is InChI=1S/C9H6Cl2F3NO3/c10-8(11,9(12,13)14)7(16)5-1-3-6(4-2-5)15(17)18/h1-4,7,16H. The minimum absolute atomic E-state index is 0.275. The summed E-state index contributed by atoms with van der Waals surface area (Å²) >= 11 is 10.1. The molecule has 0 saturated heterocycles. The average molecular weight is 304 g/mol. The van der Waals surface area contributed by atoms with Gasteiger partial charge in [0, 0.05) is 12.1 Å². The second-order valence-electron chi connectivity index (χ2n) is 3.37. The summed E-state index contributed by atoms with van der Waals surface area (Å²) in [5.74, 6) is 0. The SMILES string of the molecule is O=[N+]([O-])c1ccc(C(O)C(Cl)(Cl)C(F)(F)F)cc1. The summed E-state index contributed by atoms with van der Waals surface area (Å²) in [5, 5.41) is 19.8. The van der Waals surface area contributed by atoms with Crippen LogP contribution in [-0.2, 0) is 0 Å². The Balaban J connectivity index is 3.04. The molecule has 1 unspecified atom stereocenters. The lowest BCUT2D eigenvalue weighted by molar-refractivity contribution is -0.384. The van der Waals surface area contributed by atoms with E-state index in [9.17, 15) is 28.4 Å². The lowest BCUT2D eigenvalue weighted by atomic mass is 10.1. The van der Waals surface area contributed by atoms with Gasteiger partial charge in [0.1, 0.15) is 6.10 Å². The van der Waals surface area contributed by atoms with Crippen LogP contribution in [0.4, 0.5) is 18.9 Å². The summed E-state index contributed by atoms with van der Waals surface area (Å²) in [6.45, 7) is 0. The zero-order chi connectivity index (χ0) is 14.1. The second kappa shape index (κ2) is 4.91.